The molecule has 1 fully saturated rings. The smallest absolute Gasteiger partial charge is 0.355 e. The minimum Gasteiger partial charge on any atom is -0.490 e. The first-order chi connectivity index (χ1) is 22.9. The molecule has 0 radical (unpaired) electrons. The number of aromatic carboxylic acids is 1. The van der Waals surface area contributed by atoms with Gasteiger partial charge in [0.2, 0.25) is 5.79 Å². The third-order valence-corrected chi connectivity index (χ3v) is 9.41. The summed E-state index contributed by atoms with van der Waals surface area (Å²) in [4.78, 5) is 18.1. The molecule has 2 aromatic rings. The molecule has 47 heavy (non-hydrogen) atoms. The van der Waals surface area contributed by atoms with Crippen molar-refractivity contribution in [3.05, 3.63) is 72.6 Å². The van der Waals surface area contributed by atoms with Crippen LogP contribution in [0.15, 0.2) is 66.5 Å². The number of oxime groups is 1. The normalized spacial score (nSPS) is 26.8. The van der Waals surface area contributed by atoms with Gasteiger partial charge in [0.25, 0.3) is 0 Å². The van der Waals surface area contributed by atoms with Gasteiger partial charge in [-0.1, -0.05) is 48.0 Å². The van der Waals surface area contributed by atoms with Gasteiger partial charge in [-0.2, -0.15) is 0 Å². The summed E-state index contributed by atoms with van der Waals surface area (Å²) in [5.41, 5.74) is 2.45. The maximum atomic E-state index is 12.4. The van der Waals surface area contributed by atoms with Crippen molar-refractivity contribution >= 4 is 11.7 Å². The first-order valence-corrected chi connectivity index (χ1v) is 16.5. The number of aliphatic hydroxyl groups is 2. The number of carboxylic acid groups (broad SMARTS) is 1. The molecule has 12 heteroatoms. The van der Waals surface area contributed by atoms with Crippen molar-refractivity contribution in [2.24, 2.45) is 22.9 Å². The quantitative estimate of drug-likeness (QED) is 0.113. The fourth-order valence-electron chi connectivity index (χ4n) is 7.59. The van der Waals surface area contributed by atoms with Crippen LogP contribution in [0.4, 0.5) is 0 Å². The molecule has 3 aliphatic rings. The lowest BCUT2D eigenvalue weighted by molar-refractivity contribution is -0.252. The third-order valence-electron chi connectivity index (χ3n) is 9.41. The van der Waals surface area contributed by atoms with Gasteiger partial charge in [-0.25, -0.2) is 9.48 Å². The van der Waals surface area contributed by atoms with E-state index in [0.29, 0.717) is 43.3 Å². The van der Waals surface area contributed by atoms with Gasteiger partial charge in [0.15, 0.2) is 5.69 Å². The predicted octanol–water partition coefficient (Wildman–Crippen LogP) is 5.07. The SMILES string of the molecule is C=CCOc1ccc2c(c1)[C@H]1[C@H](CCCCO)[C@@H](CCCCO)C=C3C(=NOCC)C[C@H](n4nncc4C(=O)O)[C@@](OCC=C)(O2)[C@H]31. The molecular weight excluding hydrogens is 604 g/mol. The van der Waals surface area contributed by atoms with Crippen molar-refractivity contribution in [3.63, 3.8) is 0 Å². The predicted molar refractivity (Wildman–Crippen MR) is 175 cm³/mol. The summed E-state index contributed by atoms with van der Waals surface area (Å²) in [7, 11) is 0. The van der Waals surface area contributed by atoms with E-state index in [9.17, 15) is 20.1 Å². The molecule has 0 unspecified atom stereocenters. The van der Waals surface area contributed by atoms with Gasteiger partial charge in [0.05, 0.1) is 24.4 Å². The molecule has 0 amide bonds. The van der Waals surface area contributed by atoms with Gasteiger partial charge >= 0.3 is 5.97 Å². The van der Waals surface area contributed by atoms with E-state index in [1.807, 2.05) is 25.1 Å². The number of rotatable bonds is 18. The largest absolute Gasteiger partial charge is 0.490 e. The zero-order valence-corrected chi connectivity index (χ0v) is 27.0. The Kier molecular flexibility index (Phi) is 11.5. The summed E-state index contributed by atoms with van der Waals surface area (Å²) in [5.74, 6) is -1.76. The number of hydrogen-bond donors (Lipinski definition) is 3. The molecule has 254 valence electrons. The molecule has 3 N–H and O–H groups in total. The van der Waals surface area contributed by atoms with Crippen LogP contribution in [0.5, 0.6) is 11.5 Å². The highest BCUT2D eigenvalue weighted by Crippen LogP contribution is 2.63. The van der Waals surface area contributed by atoms with Crippen molar-refractivity contribution in [1.29, 1.82) is 0 Å². The molecule has 2 heterocycles. The summed E-state index contributed by atoms with van der Waals surface area (Å²) in [6.45, 7) is 10.6. The molecule has 2 aliphatic carbocycles. The van der Waals surface area contributed by atoms with Gasteiger partial charge in [0, 0.05) is 31.1 Å². The van der Waals surface area contributed by atoms with E-state index in [0.717, 1.165) is 36.8 Å². The van der Waals surface area contributed by atoms with Crippen molar-refractivity contribution < 1.29 is 39.2 Å². The van der Waals surface area contributed by atoms with Crippen LogP contribution in [0.1, 0.15) is 79.9 Å². The van der Waals surface area contributed by atoms with Crippen molar-refractivity contribution in [2.75, 3.05) is 33.0 Å². The second-order valence-electron chi connectivity index (χ2n) is 12.2. The fraction of sp³-hybridized carbons (Fsp3) is 0.543. The van der Waals surface area contributed by atoms with Crippen LogP contribution in [-0.4, -0.2) is 80.8 Å². The number of benzene rings is 1. The van der Waals surface area contributed by atoms with Crippen molar-refractivity contribution in [1.82, 2.24) is 15.0 Å². The van der Waals surface area contributed by atoms with Crippen LogP contribution in [0.2, 0.25) is 0 Å². The van der Waals surface area contributed by atoms with Crippen LogP contribution in [0.25, 0.3) is 0 Å². The molecule has 1 saturated carbocycles. The zero-order valence-electron chi connectivity index (χ0n) is 27.0. The first-order valence-electron chi connectivity index (χ1n) is 16.5. The Morgan fingerprint density at radius 2 is 1.91 bits per heavy atom. The minimum absolute atomic E-state index is 0.0831. The number of hydrogen-bond acceptors (Lipinski definition) is 10. The standard InChI is InChI=1S/C35H46N4O8/c1-4-17-44-24-13-14-30-27(20-24)32-25(12-8-10-16-41)23(11-7-9-15-40)19-26-28(37-46-6-3)21-31(39-29(34(42)43)22-36-38-39)35(47-30,33(26)32)45-18-5-2/h4-5,13-14,19-20,22-23,25,31-33,40-41H,1-2,6-12,15-18,21H2,3H3,(H,42,43)/t23-,25+,31-,32+,33+,35+/m0/s1. The highest BCUT2D eigenvalue weighted by molar-refractivity contribution is 6.02. The summed E-state index contributed by atoms with van der Waals surface area (Å²) in [6, 6.07) is 4.97. The van der Waals surface area contributed by atoms with Crippen LogP contribution < -0.4 is 9.47 Å². The van der Waals surface area contributed by atoms with Crippen molar-refractivity contribution in [2.45, 2.75) is 69.6 Å². The van der Waals surface area contributed by atoms with Crippen LogP contribution >= 0.6 is 0 Å². The lowest BCUT2D eigenvalue weighted by Gasteiger charge is -2.58. The number of allylic oxidation sites excluding steroid dienone is 1. The Bertz CT molecular complexity index is 1470. The van der Waals surface area contributed by atoms with Gasteiger partial charge in [-0.15, -0.1) is 11.7 Å². The number of unbranched alkanes of at least 4 members (excludes halogenated alkanes) is 2. The Morgan fingerprint density at radius 1 is 1.15 bits per heavy atom. The molecule has 0 spiro atoms. The van der Waals surface area contributed by atoms with E-state index in [1.165, 1.54) is 10.9 Å². The van der Waals surface area contributed by atoms with Gasteiger partial charge in [0.1, 0.15) is 30.8 Å². The second kappa shape index (κ2) is 15.7. The average Bonchev–Trinajstić information content (AvgIpc) is 3.57. The highest BCUT2D eigenvalue weighted by Gasteiger charge is 2.65. The number of fused-ring (bicyclic) bond motifs is 2. The fourth-order valence-corrected chi connectivity index (χ4v) is 7.59. The van der Waals surface area contributed by atoms with E-state index in [4.69, 9.17) is 19.0 Å². The minimum atomic E-state index is -1.42. The summed E-state index contributed by atoms with van der Waals surface area (Å²) >= 11 is 0. The van der Waals surface area contributed by atoms with E-state index in [-0.39, 0.29) is 49.7 Å². The zero-order chi connectivity index (χ0) is 33.4. The van der Waals surface area contributed by atoms with Crippen LogP contribution in [-0.2, 0) is 9.57 Å². The maximum absolute atomic E-state index is 12.4. The molecule has 0 saturated heterocycles. The topological polar surface area (TPSA) is 158 Å². The van der Waals surface area contributed by atoms with E-state index in [2.05, 4.69) is 34.7 Å². The molecular formula is C35H46N4O8. The van der Waals surface area contributed by atoms with Crippen molar-refractivity contribution in [3.8, 4) is 11.5 Å². The lowest BCUT2D eigenvalue weighted by atomic mass is 9.55. The molecule has 0 bridgehead atoms. The Hall–Kier alpha value is -4.00. The molecule has 1 aliphatic heterocycles. The Balaban J connectivity index is 1.79. The number of nitrogens with zero attached hydrogens (tertiary/aromatic N) is 4. The number of ether oxygens (including phenoxy) is 3. The van der Waals surface area contributed by atoms with Crippen LogP contribution in [0.3, 0.4) is 0 Å². The van der Waals surface area contributed by atoms with Gasteiger partial charge < -0.3 is 34.4 Å². The van der Waals surface area contributed by atoms with E-state index < -0.39 is 23.7 Å². The summed E-state index contributed by atoms with van der Waals surface area (Å²) in [6.07, 6.45) is 11.7. The molecule has 1 aromatic heterocycles. The number of carbonyl (C=O) groups is 1. The monoisotopic (exact) mass is 650 g/mol. The van der Waals surface area contributed by atoms with Gasteiger partial charge in [-0.3, -0.25) is 0 Å². The molecule has 1 aromatic carbocycles. The maximum Gasteiger partial charge on any atom is 0.355 e. The summed E-state index contributed by atoms with van der Waals surface area (Å²) < 4.78 is 21.2. The number of aliphatic hydroxyl groups excluding tert-OH is 2. The molecule has 5 rings (SSSR count). The first kappa shape index (κ1) is 34.3. The van der Waals surface area contributed by atoms with Crippen LogP contribution in [0, 0.1) is 17.8 Å². The summed E-state index contributed by atoms with van der Waals surface area (Å²) in [5, 5.41) is 42.4. The van der Waals surface area contributed by atoms with E-state index in [1.54, 1.807) is 12.2 Å². The Morgan fingerprint density at radius 3 is 2.62 bits per heavy atom. The second-order valence-corrected chi connectivity index (χ2v) is 12.2. The highest BCUT2D eigenvalue weighted by atomic mass is 16.7. The Labute approximate surface area is 275 Å². The van der Waals surface area contributed by atoms with Gasteiger partial charge in [-0.05, 0) is 68.2 Å². The third kappa shape index (κ3) is 6.86. The number of aromatic nitrogens is 3. The number of carboxylic acids is 1. The molecule has 12 nitrogen and oxygen atoms in total. The van der Waals surface area contributed by atoms with E-state index >= 15 is 0 Å². The average molecular weight is 651 g/mol. The lowest BCUT2D eigenvalue weighted by Crippen LogP contribution is -2.63. The molecule has 6 atom stereocenters.